The zero-order chi connectivity index (χ0) is 11.4. The first-order valence-electron chi connectivity index (χ1n) is 4.04. The molecule has 0 amide bonds. The molecule has 15 heavy (non-hydrogen) atoms. The molecule has 0 unspecified atom stereocenters. The third kappa shape index (κ3) is 2.63. The number of pyridine rings is 1. The number of carbonyl (C=O) groups excluding carboxylic acids is 1. The molecule has 0 saturated carbocycles. The Kier molecular flexibility index (Phi) is 3.56. The first-order valence-corrected chi connectivity index (χ1v) is 4.42. The zero-order valence-electron chi connectivity index (χ0n) is 7.77. The van der Waals surface area contributed by atoms with Gasteiger partial charge in [-0.3, -0.25) is 0 Å². The lowest BCUT2D eigenvalue weighted by atomic mass is 10.2. The Bertz CT molecular complexity index is 408. The summed E-state index contributed by atoms with van der Waals surface area (Å²) in [5.74, 6) is -1.38. The molecule has 0 radical (unpaired) electrons. The van der Waals surface area contributed by atoms with Crippen LogP contribution in [0.25, 0.3) is 0 Å². The van der Waals surface area contributed by atoms with Gasteiger partial charge in [-0.2, -0.15) is 0 Å². The molecular formula is C8H7ClN2O4. The van der Waals surface area contributed by atoms with Crippen LogP contribution in [-0.2, 0) is 4.74 Å². The van der Waals surface area contributed by atoms with Crippen molar-refractivity contribution in [1.29, 1.82) is 0 Å². The lowest BCUT2D eigenvalue weighted by Crippen LogP contribution is -2.09. The topological polar surface area (TPSA) is 82.3 Å². The van der Waals surface area contributed by atoms with Gasteiger partial charge in [-0.05, 0) is 34.5 Å². The summed E-state index contributed by atoms with van der Waals surface area (Å²) in [4.78, 5) is 24.5. The van der Waals surface area contributed by atoms with Crippen molar-refractivity contribution < 1.29 is 14.5 Å². The molecule has 0 saturated heterocycles. The summed E-state index contributed by atoms with van der Waals surface area (Å²) in [6.07, 6.45) is 0. The average Bonchev–Trinajstić information content (AvgIpc) is 2.17. The molecule has 0 atom stereocenters. The largest absolute Gasteiger partial charge is 0.462 e. The van der Waals surface area contributed by atoms with Gasteiger partial charge in [0.25, 0.3) is 0 Å². The van der Waals surface area contributed by atoms with E-state index < -0.39 is 16.7 Å². The fourth-order valence-corrected chi connectivity index (χ4v) is 1.08. The maximum atomic E-state index is 11.3. The minimum atomic E-state index is -0.784. The standard InChI is InChI=1S/C8H7ClN2O4/c1-2-15-8(12)5-3-4-6(9)10-7(5)11(13)14/h3-4H,2H2,1H3. The Morgan fingerprint density at radius 1 is 1.67 bits per heavy atom. The normalized spacial score (nSPS) is 9.73. The maximum absolute atomic E-state index is 11.3. The number of nitrogens with zero attached hydrogens (tertiary/aromatic N) is 2. The fraction of sp³-hybridized carbons (Fsp3) is 0.250. The second-order valence-corrected chi connectivity index (χ2v) is 2.87. The van der Waals surface area contributed by atoms with Crippen LogP contribution in [0, 0.1) is 10.1 Å². The van der Waals surface area contributed by atoms with E-state index in [1.165, 1.54) is 12.1 Å². The van der Waals surface area contributed by atoms with Crippen LogP contribution in [-0.4, -0.2) is 22.5 Å². The van der Waals surface area contributed by atoms with E-state index in [2.05, 4.69) is 9.72 Å². The summed E-state index contributed by atoms with van der Waals surface area (Å²) in [5.41, 5.74) is -0.203. The van der Waals surface area contributed by atoms with Crippen molar-refractivity contribution >= 4 is 23.4 Å². The minimum Gasteiger partial charge on any atom is -0.462 e. The Labute approximate surface area is 90.0 Å². The Balaban J connectivity index is 3.17. The first kappa shape index (κ1) is 11.4. The lowest BCUT2D eigenvalue weighted by molar-refractivity contribution is -0.389. The minimum absolute atomic E-state index is 0.0465. The monoisotopic (exact) mass is 230 g/mol. The number of hydrogen-bond donors (Lipinski definition) is 0. The van der Waals surface area contributed by atoms with Crippen molar-refractivity contribution in [3.05, 3.63) is 33.0 Å². The van der Waals surface area contributed by atoms with E-state index in [4.69, 9.17) is 11.6 Å². The van der Waals surface area contributed by atoms with Gasteiger partial charge in [0.05, 0.1) is 6.61 Å². The van der Waals surface area contributed by atoms with E-state index in [1.54, 1.807) is 6.92 Å². The molecule has 0 aromatic carbocycles. The van der Waals surface area contributed by atoms with Gasteiger partial charge < -0.3 is 14.9 Å². The molecule has 0 N–H and O–H groups in total. The third-order valence-electron chi connectivity index (χ3n) is 1.51. The van der Waals surface area contributed by atoms with Crippen molar-refractivity contribution in [3.63, 3.8) is 0 Å². The number of carbonyl (C=O) groups is 1. The molecule has 1 aromatic rings. The van der Waals surface area contributed by atoms with Gasteiger partial charge in [0.1, 0.15) is 0 Å². The number of halogens is 1. The first-order chi connectivity index (χ1) is 7.06. The van der Waals surface area contributed by atoms with Gasteiger partial charge in [-0.25, -0.2) is 4.79 Å². The number of rotatable bonds is 3. The molecule has 0 bridgehead atoms. The summed E-state index contributed by atoms with van der Waals surface area (Å²) in [7, 11) is 0. The zero-order valence-corrected chi connectivity index (χ0v) is 8.52. The summed E-state index contributed by atoms with van der Waals surface area (Å²) < 4.78 is 4.63. The number of hydrogen-bond acceptors (Lipinski definition) is 5. The Morgan fingerprint density at radius 2 is 2.33 bits per heavy atom. The number of ether oxygens (including phenoxy) is 1. The Morgan fingerprint density at radius 3 is 2.87 bits per heavy atom. The summed E-state index contributed by atoms with van der Waals surface area (Å²) in [6, 6.07) is 2.51. The van der Waals surface area contributed by atoms with Crippen LogP contribution in [0.5, 0.6) is 0 Å². The maximum Gasteiger partial charge on any atom is 0.379 e. The van der Waals surface area contributed by atoms with Crippen molar-refractivity contribution in [2.45, 2.75) is 6.92 Å². The summed E-state index contributed by atoms with van der Waals surface area (Å²) >= 11 is 5.47. The van der Waals surface area contributed by atoms with E-state index in [0.717, 1.165) is 0 Å². The van der Waals surface area contributed by atoms with E-state index in [9.17, 15) is 14.9 Å². The van der Waals surface area contributed by atoms with E-state index >= 15 is 0 Å². The molecule has 1 rings (SSSR count). The van der Waals surface area contributed by atoms with Crippen molar-refractivity contribution in [2.24, 2.45) is 0 Å². The van der Waals surface area contributed by atoms with E-state index in [0.29, 0.717) is 0 Å². The summed E-state index contributed by atoms with van der Waals surface area (Å²) in [6.45, 7) is 1.74. The number of esters is 1. The molecule has 6 nitrogen and oxygen atoms in total. The van der Waals surface area contributed by atoms with Crippen LogP contribution in [0.1, 0.15) is 17.3 Å². The highest BCUT2D eigenvalue weighted by Gasteiger charge is 2.23. The molecule has 80 valence electrons. The van der Waals surface area contributed by atoms with Crippen LogP contribution in [0.3, 0.4) is 0 Å². The van der Waals surface area contributed by atoms with E-state index in [-0.39, 0.29) is 17.3 Å². The van der Waals surface area contributed by atoms with Gasteiger partial charge in [0.15, 0.2) is 5.56 Å². The predicted octanol–water partition coefficient (Wildman–Crippen LogP) is 1.82. The molecule has 0 aliphatic heterocycles. The molecular weight excluding hydrogens is 224 g/mol. The molecule has 0 aliphatic carbocycles. The quantitative estimate of drug-likeness (QED) is 0.342. The number of nitro groups is 1. The van der Waals surface area contributed by atoms with Gasteiger partial charge in [0.2, 0.25) is 5.15 Å². The molecule has 1 aromatic heterocycles. The summed E-state index contributed by atoms with van der Waals surface area (Å²) in [5, 5.41) is 10.5. The van der Waals surface area contributed by atoms with Crippen LogP contribution >= 0.6 is 11.6 Å². The third-order valence-corrected chi connectivity index (χ3v) is 1.72. The average molecular weight is 231 g/mol. The van der Waals surface area contributed by atoms with Crippen LogP contribution in [0.15, 0.2) is 12.1 Å². The SMILES string of the molecule is CCOC(=O)c1ccc(Cl)nc1[N+](=O)[O-]. The highest BCUT2D eigenvalue weighted by molar-refractivity contribution is 6.29. The van der Waals surface area contributed by atoms with Crippen LogP contribution in [0.4, 0.5) is 5.82 Å². The lowest BCUT2D eigenvalue weighted by Gasteiger charge is -2.01. The van der Waals surface area contributed by atoms with Crippen molar-refractivity contribution in [1.82, 2.24) is 4.98 Å². The van der Waals surface area contributed by atoms with Crippen molar-refractivity contribution in [2.75, 3.05) is 6.61 Å². The number of aromatic nitrogens is 1. The Hall–Kier alpha value is -1.69. The molecule has 1 heterocycles. The van der Waals surface area contributed by atoms with Gasteiger partial charge in [-0.15, -0.1) is 0 Å². The molecule has 0 aliphatic rings. The highest BCUT2D eigenvalue weighted by atomic mass is 35.5. The van der Waals surface area contributed by atoms with Crippen molar-refractivity contribution in [3.8, 4) is 0 Å². The van der Waals surface area contributed by atoms with Gasteiger partial charge >= 0.3 is 11.8 Å². The smallest absolute Gasteiger partial charge is 0.379 e. The van der Waals surface area contributed by atoms with Crippen LogP contribution < -0.4 is 0 Å². The predicted molar refractivity (Wildman–Crippen MR) is 51.9 cm³/mol. The molecule has 0 spiro atoms. The molecule has 0 fully saturated rings. The van der Waals surface area contributed by atoms with E-state index in [1.807, 2.05) is 0 Å². The fourth-order valence-electron chi connectivity index (χ4n) is 0.933. The van der Waals surface area contributed by atoms with Gasteiger partial charge in [-0.1, -0.05) is 0 Å². The highest BCUT2D eigenvalue weighted by Crippen LogP contribution is 2.19. The van der Waals surface area contributed by atoms with Crippen LogP contribution in [0.2, 0.25) is 5.15 Å². The second kappa shape index (κ2) is 4.70. The second-order valence-electron chi connectivity index (χ2n) is 2.48. The molecule has 7 heteroatoms. The van der Waals surface area contributed by atoms with Gasteiger partial charge in [0, 0.05) is 6.07 Å².